The molecule has 3 rings (SSSR count). The number of hydrogen-bond donors (Lipinski definition) is 2. The van der Waals surface area contributed by atoms with Gasteiger partial charge < -0.3 is 10.1 Å². The number of hydrogen-bond acceptors (Lipinski definition) is 4. The fourth-order valence-corrected chi connectivity index (χ4v) is 3.79. The lowest BCUT2D eigenvalue weighted by atomic mass is 9.96. The van der Waals surface area contributed by atoms with E-state index in [1.54, 1.807) is 0 Å². The Balaban J connectivity index is 2.21. The fourth-order valence-electron chi connectivity index (χ4n) is 3.79. The van der Waals surface area contributed by atoms with Crippen molar-refractivity contribution in [2.45, 2.75) is 65.0 Å². The van der Waals surface area contributed by atoms with E-state index in [0.717, 1.165) is 19.3 Å². The average Bonchev–Trinajstić information content (AvgIpc) is 3.22. The molecule has 0 spiro atoms. The number of aliphatic carboxylic acids is 1. The van der Waals surface area contributed by atoms with Crippen molar-refractivity contribution in [3.63, 3.8) is 0 Å². The highest BCUT2D eigenvalue weighted by molar-refractivity contribution is 5.73. The summed E-state index contributed by atoms with van der Waals surface area (Å²) in [5.41, 5.74) is -0.0823. The summed E-state index contributed by atoms with van der Waals surface area (Å²) in [4.78, 5) is 44.4. The summed E-state index contributed by atoms with van der Waals surface area (Å²) in [7, 11) is 0. The van der Waals surface area contributed by atoms with Crippen LogP contribution in [0.2, 0.25) is 0 Å². The van der Waals surface area contributed by atoms with Gasteiger partial charge in [-0.15, -0.1) is 0 Å². The Labute approximate surface area is 144 Å². The predicted octanol–water partition coefficient (Wildman–Crippen LogP) is 1.67. The highest BCUT2D eigenvalue weighted by Crippen LogP contribution is 2.38. The van der Waals surface area contributed by atoms with Gasteiger partial charge in [0.25, 0.3) is 5.56 Å². The van der Waals surface area contributed by atoms with Crippen molar-refractivity contribution in [2.24, 2.45) is 5.92 Å². The normalized spacial score (nSPS) is 20.4. The van der Waals surface area contributed by atoms with E-state index < -0.39 is 11.9 Å². The van der Waals surface area contributed by atoms with Crippen LogP contribution in [0.1, 0.15) is 57.7 Å². The topological polar surface area (TPSA) is 110 Å². The first-order valence-corrected chi connectivity index (χ1v) is 8.95. The number of rotatable bonds is 6. The third-order valence-corrected chi connectivity index (χ3v) is 4.96. The quantitative estimate of drug-likeness (QED) is 0.825. The molecule has 136 valence electrons. The Morgan fingerprint density at radius 2 is 1.88 bits per heavy atom. The fraction of sp³-hybridized carbons (Fsp3) is 0.647. The number of aromatic nitrogens is 4. The van der Waals surface area contributed by atoms with Gasteiger partial charge >= 0.3 is 11.7 Å². The zero-order valence-electron chi connectivity index (χ0n) is 14.6. The molecule has 0 unspecified atom stereocenters. The van der Waals surface area contributed by atoms with Gasteiger partial charge in [-0.1, -0.05) is 20.3 Å². The van der Waals surface area contributed by atoms with E-state index in [2.05, 4.69) is 9.97 Å². The molecule has 0 radical (unpaired) electrons. The van der Waals surface area contributed by atoms with Crippen LogP contribution in [0.15, 0.2) is 9.59 Å². The molecule has 0 amide bonds. The molecular weight excluding hydrogens is 324 g/mol. The lowest BCUT2D eigenvalue weighted by molar-refractivity contribution is -0.142. The first kappa shape index (κ1) is 17.4. The Morgan fingerprint density at radius 3 is 2.52 bits per heavy atom. The van der Waals surface area contributed by atoms with E-state index in [4.69, 9.17) is 0 Å². The Kier molecular flexibility index (Phi) is 4.78. The maximum absolute atomic E-state index is 12.7. The molecule has 25 heavy (non-hydrogen) atoms. The number of carboxylic acids is 1. The maximum atomic E-state index is 12.7. The molecule has 0 aliphatic heterocycles. The van der Waals surface area contributed by atoms with Crippen LogP contribution >= 0.6 is 0 Å². The third-order valence-electron chi connectivity index (χ3n) is 4.96. The van der Waals surface area contributed by atoms with Crippen LogP contribution in [0.25, 0.3) is 11.2 Å². The van der Waals surface area contributed by atoms with Crippen LogP contribution < -0.4 is 11.2 Å². The van der Waals surface area contributed by atoms with E-state index in [0.29, 0.717) is 42.9 Å². The summed E-state index contributed by atoms with van der Waals surface area (Å²) < 4.78 is 2.76. The number of carbonyl (C=O) groups is 1. The summed E-state index contributed by atoms with van der Waals surface area (Å²) in [6.07, 6.45) is 3.57. The molecule has 1 aliphatic rings. The lowest BCUT2D eigenvalue weighted by Gasteiger charge is -2.12. The molecule has 1 aliphatic carbocycles. The number of carboxylic acid groups (broad SMARTS) is 1. The highest BCUT2D eigenvalue weighted by atomic mass is 16.4. The van der Waals surface area contributed by atoms with Crippen LogP contribution in [0.3, 0.4) is 0 Å². The van der Waals surface area contributed by atoms with E-state index >= 15 is 0 Å². The largest absolute Gasteiger partial charge is 0.481 e. The van der Waals surface area contributed by atoms with Crippen LogP contribution in [0, 0.1) is 5.92 Å². The Hall–Kier alpha value is -2.38. The average molecular weight is 348 g/mol. The van der Waals surface area contributed by atoms with Gasteiger partial charge in [0.15, 0.2) is 5.65 Å². The van der Waals surface area contributed by atoms with Gasteiger partial charge in [0.1, 0.15) is 11.3 Å². The molecular formula is C17H24N4O4. The van der Waals surface area contributed by atoms with Gasteiger partial charge in [-0.2, -0.15) is 0 Å². The highest BCUT2D eigenvalue weighted by Gasteiger charge is 2.36. The predicted molar refractivity (Wildman–Crippen MR) is 92.9 cm³/mol. The minimum Gasteiger partial charge on any atom is -0.481 e. The van der Waals surface area contributed by atoms with Crippen LogP contribution in [-0.2, 0) is 17.9 Å². The molecule has 2 N–H and O–H groups in total. The van der Waals surface area contributed by atoms with Crippen LogP contribution in [0.4, 0.5) is 0 Å². The van der Waals surface area contributed by atoms with Crippen molar-refractivity contribution in [1.82, 2.24) is 19.1 Å². The van der Waals surface area contributed by atoms with Gasteiger partial charge in [0, 0.05) is 19.0 Å². The van der Waals surface area contributed by atoms with Gasteiger partial charge in [0.05, 0.1) is 5.92 Å². The Morgan fingerprint density at radius 1 is 1.20 bits per heavy atom. The number of aromatic amines is 1. The molecule has 1 fully saturated rings. The van der Waals surface area contributed by atoms with Crippen molar-refractivity contribution >= 4 is 17.1 Å². The molecule has 0 saturated heterocycles. The molecule has 8 nitrogen and oxygen atoms in total. The van der Waals surface area contributed by atoms with E-state index in [1.165, 1.54) is 9.13 Å². The zero-order chi connectivity index (χ0) is 18.1. The second kappa shape index (κ2) is 6.85. The second-order valence-corrected chi connectivity index (χ2v) is 6.69. The monoisotopic (exact) mass is 348 g/mol. The smallest absolute Gasteiger partial charge is 0.332 e. The van der Waals surface area contributed by atoms with E-state index in [1.807, 2.05) is 13.8 Å². The second-order valence-electron chi connectivity index (χ2n) is 6.69. The zero-order valence-corrected chi connectivity index (χ0v) is 14.6. The summed E-state index contributed by atoms with van der Waals surface area (Å²) in [5, 5.41) is 9.41. The standard InChI is InChI=1S/C17H24N4O4/c1-3-8-20-14-12(15(22)21(9-4-2)17(20)25)18-13(19-14)10-6-5-7-11(10)16(23)24/h10-11H,3-9H2,1-2H3,(H,18,19)(H,23,24)/t10-,11+/m1/s1. The number of aryl methyl sites for hydroxylation is 1. The number of nitrogens with zero attached hydrogens (tertiary/aromatic N) is 3. The number of nitrogens with one attached hydrogen (secondary N) is 1. The number of fused-ring (bicyclic) bond motifs is 1. The molecule has 2 aromatic rings. The van der Waals surface area contributed by atoms with Gasteiger partial charge in [-0.25, -0.2) is 9.78 Å². The first-order chi connectivity index (χ1) is 12.0. The third kappa shape index (κ3) is 2.89. The Bertz CT molecular complexity index is 908. The van der Waals surface area contributed by atoms with Gasteiger partial charge in [0.2, 0.25) is 0 Å². The SMILES string of the molecule is CCCn1c(=O)c2[nH]c([C@@H]3CCC[C@@H]3C(=O)O)nc2n(CCC)c1=O. The van der Waals surface area contributed by atoms with E-state index in [9.17, 15) is 19.5 Å². The summed E-state index contributed by atoms with van der Waals surface area (Å²) in [5.74, 6) is -1.06. The minimum atomic E-state index is -0.836. The van der Waals surface area contributed by atoms with Crippen molar-refractivity contribution in [2.75, 3.05) is 0 Å². The molecule has 0 bridgehead atoms. The summed E-state index contributed by atoms with van der Waals surface area (Å²) >= 11 is 0. The van der Waals surface area contributed by atoms with Gasteiger partial charge in [-0.05, 0) is 25.7 Å². The van der Waals surface area contributed by atoms with Crippen molar-refractivity contribution in [3.05, 3.63) is 26.7 Å². The van der Waals surface area contributed by atoms with Crippen LogP contribution in [0.5, 0.6) is 0 Å². The van der Waals surface area contributed by atoms with E-state index in [-0.39, 0.29) is 17.2 Å². The van der Waals surface area contributed by atoms with Gasteiger partial charge in [-0.3, -0.25) is 18.7 Å². The molecule has 0 aromatic carbocycles. The van der Waals surface area contributed by atoms with Crippen molar-refractivity contribution in [1.29, 1.82) is 0 Å². The summed E-state index contributed by atoms with van der Waals surface area (Å²) in [6, 6.07) is 0. The first-order valence-electron chi connectivity index (χ1n) is 8.95. The number of H-pyrrole nitrogens is 1. The minimum absolute atomic E-state index is 0.242. The maximum Gasteiger partial charge on any atom is 0.332 e. The molecule has 8 heteroatoms. The van der Waals surface area contributed by atoms with Crippen LogP contribution in [-0.4, -0.2) is 30.2 Å². The summed E-state index contributed by atoms with van der Waals surface area (Å²) in [6.45, 7) is 4.69. The molecule has 2 heterocycles. The lowest BCUT2D eigenvalue weighted by Crippen LogP contribution is -2.40. The number of imidazole rings is 1. The molecule has 2 atom stereocenters. The molecule has 1 saturated carbocycles. The molecule has 2 aromatic heterocycles. The van der Waals surface area contributed by atoms with Crippen molar-refractivity contribution in [3.8, 4) is 0 Å². The van der Waals surface area contributed by atoms with Crippen molar-refractivity contribution < 1.29 is 9.90 Å².